The molecule has 1 aromatic carbocycles. The van der Waals surface area contributed by atoms with Crippen LogP contribution in [-0.4, -0.2) is 52.4 Å². The van der Waals surface area contributed by atoms with E-state index in [1.54, 1.807) is 12.1 Å². The SMILES string of the molecule is CCN(CC)c1ccc(NC(=O)CNS(=O)(=O)N(C)C)cc1. The van der Waals surface area contributed by atoms with Crippen LogP contribution in [0.2, 0.25) is 0 Å². The van der Waals surface area contributed by atoms with E-state index in [-0.39, 0.29) is 6.54 Å². The van der Waals surface area contributed by atoms with Gasteiger partial charge in [0.25, 0.3) is 10.2 Å². The third-order valence-corrected chi connectivity index (χ3v) is 4.65. The topological polar surface area (TPSA) is 81.8 Å². The van der Waals surface area contributed by atoms with E-state index in [4.69, 9.17) is 0 Å². The molecule has 0 saturated heterocycles. The fraction of sp³-hybridized carbons (Fsp3) is 0.500. The van der Waals surface area contributed by atoms with Crippen LogP contribution in [0.15, 0.2) is 24.3 Å². The van der Waals surface area contributed by atoms with Crippen LogP contribution in [-0.2, 0) is 15.0 Å². The van der Waals surface area contributed by atoms with E-state index in [1.807, 2.05) is 12.1 Å². The summed E-state index contributed by atoms with van der Waals surface area (Å²) in [4.78, 5) is 13.9. The fourth-order valence-electron chi connectivity index (χ4n) is 1.84. The van der Waals surface area contributed by atoms with Gasteiger partial charge in [0.05, 0.1) is 6.54 Å². The van der Waals surface area contributed by atoms with Crippen molar-refractivity contribution >= 4 is 27.5 Å². The van der Waals surface area contributed by atoms with Crippen molar-refractivity contribution in [1.82, 2.24) is 9.03 Å². The Hall–Kier alpha value is -1.64. The minimum absolute atomic E-state index is 0.307. The molecule has 0 fully saturated rings. The average molecular weight is 328 g/mol. The predicted molar refractivity (Wildman–Crippen MR) is 89.2 cm³/mol. The molecular formula is C14H24N4O3S. The molecule has 0 radical (unpaired) electrons. The molecule has 124 valence electrons. The van der Waals surface area contributed by atoms with E-state index in [0.29, 0.717) is 5.69 Å². The van der Waals surface area contributed by atoms with E-state index >= 15 is 0 Å². The Balaban J connectivity index is 2.59. The van der Waals surface area contributed by atoms with Gasteiger partial charge in [-0.25, -0.2) is 0 Å². The molecule has 8 heteroatoms. The van der Waals surface area contributed by atoms with Gasteiger partial charge in [0.1, 0.15) is 0 Å². The predicted octanol–water partition coefficient (Wildman–Crippen LogP) is 0.867. The summed E-state index contributed by atoms with van der Waals surface area (Å²) in [7, 11) is -0.804. The Morgan fingerprint density at radius 1 is 1.09 bits per heavy atom. The number of carbonyl (C=O) groups is 1. The second-order valence-corrected chi connectivity index (χ2v) is 6.84. The number of rotatable bonds is 8. The molecule has 22 heavy (non-hydrogen) atoms. The first-order chi connectivity index (χ1) is 10.3. The Morgan fingerprint density at radius 3 is 2.09 bits per heavy atom. The van der Waals surface area contributed by atoms with E-state index in [9.17, 15) is 13.2 Å². The summed E-state index contributed by atoms with van der Waals surface area (Å²) in [6.45, 7) is 5.67. The minimum Gasteiger partial charge on any atom is -0.372 e. The van der Waals surface area contributed by atoms with Gasteiger partial charge in [-0.2, -0.15) is 17.4 Å². The summed E-state index contributed by atoms with van der Waals surface area (Å²) in [5.74, 6) is -0.416. The van der Waals surface area contributed by atoms with Crippen LogP contribution in [0.4, 0.5) is 11.4 Å². The summed E-state index contributed by atoms with van der Waals surface area (Å²) >= 11 is 0. The highest BCUT2D eigenvalue weighted by atomic mass is 32.2. The normalized spacial score (nSPS) is 11.5. The smallest absolute Gasteiger partial charge is 0.279 e. The van der Waals surface area contributed by atoms with Gasteiger partial charge in [-0.15, -0.1) is 0 Å². The molecule has 0 saturated carbocycles. The van der Waals surface area contributed by atoms with Gasteiger partial charge in [-0.1, -0.05) is 0 Å². The highest BCUT2D eigenvalue weighted by molar-refractivity contribution is 7.87. The number of amides is 1. The van der Waals surface area contributed by atoms with Crippen LogP contribution in [0.3, 0.4) is 0 Å². The second kappa shape index (κ2) is 8.11. The first-order valence-electron chi connectivity index (χ1n) is 7.12. The van der Waals surface area contributed by atoms with Gasteiger partial charge < -0.3 is 10.2 Å². The Bertz CT molecular complexity index is 581. The van der Waals surface area contributed by atoms with Crippen molar-refractivity contribution in [2.24, 2.45) is 0 Å². The number of nitrogens with zero attached hydrogens (tertiary/aromatic N) is 2. The fourth-order valence-corrected chi connectivity index (χ4v) is 2.41. The molecule has 0 spiro atoms. The maximum atomic E-state index is 11.7. The lowest BCUT2D eigenvalue weighted by Crippen LogP contribution is -2.40. The van der Waals surface area contributed by atoms with Gasteiger partial charge in [-0.3, -0.25) is 4.79 Å². The summed E-state index contributed by atoms with van der Waals surface area (Å²) < 4.78 is 26.2. The Kier molecular flexibility index (Phi) is 6.79. The van der Waals surface area contributed by atoms with Crippen molar-refractivity contribution in [2.45, 2.75) is 13.8 Å². The Morgan fingerprint density at radius 2 is 1.64 bits per heavy atom. The number of nitrogens with one attached hydrogen (secondary N) is 2. The zero-order chi connectivity index (χ0) is 16.8. The highest BCUT2D eigenvalue weighted by Gasteiger charge is 2.14. The molecule has 0 aliphatic carbocycles. The summed E-state index contributed by atoms with van der Waals surface area (Å²) in [6, 6.07) is 7.44. The average Bonchev–Trinajstić information content (AvgIpc) is 2.48. The molecule has 1 aromatic rings. The van der Waals surface area contributed by atoms with Crippen LogP contribution in [0, 0.1) is 0 Å². The highest BCUT2D eigenvalue weighted by Crippen LogP contribution is 2.17. The molecule has 0 aliphatic rings. The number of benzene rings is 1. The van der Waals surface area contributed by atoms with Gasteiger partial charge in [0.2, 0.25) is 5.91 Å². The zero-order valence-electron chi connectivity index (χ0n) is 13.5. The lowest BCUT2D eigenvalue weighted by molar-refractivity contribution is -0.115. The van der Waals surface area contributed by atoms with Gasteiger partial charge >= 0.3 is 0 Å². The van der Waals surface area contributed by atoms with Gasteiger partial charge in [-0.05, 0) is 38.1 Å². The van der Waals surface area contributed by atoms with Crippen molar-refractivity contribution in [1.29, 1.82) is 0 Å². The first-order valence-corrected chi connectivity index (χ1v) is 8.56. The third-order valence-electron chi connectivity index (χ3n) is 3.18. The summed E-state index contributed by atoms with van der Waals surface area (Å²) in [5.41, 5.74) is 1.71. The zero-order valence-corrected chi connectivity index (χ0v) is 14.3. The monoisotopic (exact) mass is 328 g/mol. The molecule has 0 aliphatic heterocycles. The van der Waals surface area contributed by atoms with Crippen molar-refractivity contribution in [3.8, 4) is 0 Å². The van der Waals surface area contributed by atoms with Crippen molar-refractivity contribution < 1.29 is 13.2 Å². The standard InChI is InChI=1S/C14H24N4O3S/c1-5-18(6-2)13-9-7-12(8-10-13)16-14(19)11-15-22(20,21)17(3)4/h7-10,15H,5-6,11H2,1-4H3,(H,16,19). The molecular weight excluding hydrogens is 304 g/mol. The lowest BCUT2D eigenvalue weighted by Gasteiger charge is -2.21. The maximum Gasteiger partial charge on any atom is 0.279 e. The maximum absolute atomic E-state index is 11.7. The molecule has 1 rings (SSSR count). The van der Waals surface area contributed by atoms with Gasteiger partial charge in [0, 0.05) is 38.6 Å². The Labute approximate surface area is 132 Å². The second-order valence-electron chi connectivity index (χ2n) is 4.88. The number of hydrogen-bond donors (Lipinski definition) is 2. The molecule has 1 amide bonds. The minimum atomic E-state index is -3.59. The quantitative estimate of drug-likeness (QED) is 0.742. The molecule has 0 aromatic heterocycles. The summed E-state index contributed by atoms with van der Waals surface area (Å²) in [6.07, 6.45) is 0. The van der Waals surface area contributed by atoms with Crippen molar-refractivity contribution in [2.75, 3.05) is 43.9 Å². The number of anilines is 2. The van der Waals surface area contributed by atoms with Crippen LogP contribution < -0.4 is 14.9 Å². The van der Waals surface area contributed by atoms with E-state index in [0.717, 1.165) is 23.1 Å². The molecule has 0 heterocycles. The molecule has 0 bridgehead atoms. The van der Waals surface area contributed by atoms with Gasteiger partial charge in [0.15, 0.2) is 0 Å². The van der Waals surface area contributed by atoms with Crippen LogP contribution >= 0.6 is 0 Å². The third kappa shape index (κ3) is 5.28. The van der Waals surface area contributed by atoms with Crippen molar-refractivity contribution in [3.05, 3.63) is 24.3 Å². The number of hydrogen-bond acceptors (Lipinski definition) is 4. The molecule has 0 atom stereocenters. The summed E-state index contributed by atoms with van der Waals surface area (Å²) in [5, 5.41) is 2.65. The molecule has 7 nitrogen and oxygen atoms in total. The van der Waals surface area contributed by atoms with Crippen molar-refractivity contribution in [3.63, 3.8) is 0 Å². The van der Waals surface area contributed by atoms with E-state index < -0.39 is 16.1 Å². The largest absolute Gasteiger partial charge is 0.372 e. The number of carbonyl (C=O) groups excluding carboxylic acids is 1. The van der Waals surface area contributed by atoms with E-state index in [1.165, 1.54) is 14.1 Å². The first kappa shape index (κ1) is 18.4. The van der Waals surface area contributed by atoms with E-state index in [2.05, 4.69) is 28.8 Å². The molecule has 2 N–H and O–H groups in total. The lowest BCUT2D eigenvalue weighted by atomic mass is 10.2. The molecule has 0 unspecified atom stereocenters. The van der Waals surface area contributed by atoms with Crippen LogP contribution in [0.25, 0.3) is 0 Å². The van der Waals surface area contributed by atoms with Crippen LogP contribution in [0.1, 0.15) is 13.8 Å². The van der Waals surface area contributed by atoms with Crippen LogP contribution in [0.5, 0.6) is 0 Å².